The lowest BCUT2D eigenvalue weighted by molar-refractivity contribution is 1.04. The molecule has 0 aliphatic carbocycles. The Labute approximate surface area is 48.5 Å². The predicted molar refractivity (Wildman–Crippen MR) is 33.0 cm³/mol. The lowest BCUT2D eigenvalue weighted by Crippen LogP contribution is -1.91. The van der Waals surface area contributed by atoms with Crippen LogP contribution in [0.2, 0.25) is 0 Å². The third-order valence-electron chi connectivity index (χ3n) is 0.158. The molecule has 0 amide bonds. The van der Waals surface area contributed by atoms with Crippen LogP contribution in [0.4, 0.5) is 0 Å². The first-order valence-electron chi connectivity index (χ1n) is 1.28. The van der Waals surface area contributed by atoms with Gasteiger partial charge < -0.3 is 0 Å². The van der Waals surface area contributed by atoms with Gasteiger partial charge in [-0.1, -0.05) is 19.7 Å². The number of hydrogen-bond donors (Lipinski definition) is 2. The maximum atomic E-state index is 3.67. The fourth-order valence-corrected chi connectivity index (χ4v) is 0. The highest BCUT2D eigenvalue weighted by atomic mass is 79.9. The van der Waals surface area contributed by atoms with Crippen molar-refractivity contribution in [1.29, 1.82) is 0 Å². The van der Waals surface area contributed by atoms with Crippen LogP contribution < -0.4 is 4.72 Å². The van der Waals surface area contributed by atoms with Gasteiger partial charge in [0, 0.05) is 6.54 Å². The van der Waals surface area contributed by atoms with Crippen molar-refractivity contribution in [2.24, 2.45) is 0 Å². The summed E-state index contributed by atoms with van der Waals surface area (Å²) < 4.78 is 2.62. The quantitative estimate of drug-likeness (QED) is 0.543. The summed E-state index contributed by atoms with van der Waals surface area (Å²) >= 11 is 3.67. The standard InChI is InChI=1S/C2H7NS.BrH/c1-2-3-4;/h3-4H,2H2,1H3;1H. The molecule has 0 radical (unpaired) electrons. The fraction of sp³-hybridized carbons (Fsp3) is 1.00. The molecule has 0 atom stereocenters. The Kier molecular flexibility index (Phi) is 16.3. The number of rotatable bonds is 1. The van der Waals surface area contributed by atoms with Crippen molar-refractivity contribution in [2.45, 2.75) is 6.92 Å². The highest BCUT2D eigenvalue weighted by Crippen LogP contribution is 1.50. The largest absolute Gasteiger partial charge is 0.267 e. The van der Waals surface area contributed by atoms with Crippen LogP contribution in [-0.2, 0) is 0 Å². The summed E-state index contributed by atoms with van der Waals surface area (Å²) in [7, 11) is 0. The van der Waals surface area contributed by atoms with Crippen LogP contribution in [-0.4, -0.2) is 6.54 Å². The lowest BCUT2D eigenvalue weighted by atomic mass is 10.8. The normalized spacial score (nSPS) is 6.00. The van der Waals surface area contributed by atoms with Crippen LogP contribution in [0.15, 0.2) is 0 Å². The molecule has 0 aliphatic heterocycles. The van der Waals surface area contributed by atoms with Gasteiger partial charge in [0.2, 0.25) is 0 Å². The van der Waals surface area contributed by atoms with Crippen molar-refractivity contribution < 1.29 is 0 Å². The second kappa shape index (κ2) is 8.84. The van der Waals surface area contributed by atoms with Gasteiger partial charge in [0.25, 0.3) is 0 Å². The van der Waals surface area contributed by atoms with Crippen LogP contribution in [0.3, 0.4) is 0 Å². The molecule has 0 aromatic heterocycles. The van der Waals surface area contributed by atoms with Gasteiger partial charge in [-0.3, -0.25) is 4.72 Å². The molecular weight excluding hydrogens is 150 g/mol. The summed E-state index contributed by atoms with van der Waals surface area (Å²) in [5.74, 6) is 0. The predicted octanol–water partition coefficient (Wildman–Crippen LogP) is 1.02. The van der Waals surface area contributed by atoms with E-state index in [0.717, 1.165) is 6.54 Å². The topological polar surface area (TPSA) is 12.0 Å². The zero-order chi connectivity index (χ0) is 3.41. The molecule has 0 heterocycles. The SMILES string of the molecule is Br.CCNS. The van der Waals surface area contributed by atoms with E-state index in [1.807, 2.05) is 6.92 Å². The van der Waals surface area contributed by atoms with Crippen molar-refractivity contribution in [3.05, 3.63) is 0 Å². The molecular formula is C2H8BrNS. The first-order valence-corrected chi connectivity index (χ1v) is 1.73. The van der Waals surface area contributed by atoms with Crippen LogP contribution in [0.25, 0.3) is 0 Å². The molecule has 1 N–H and O–H groups in total. The molecule has 0 aliphatic rings. The Morgan fingerprint density at radius 1 is 1.80 bits per heavy atom. The summed E-state index contributed by atoms with van der Waals surface area (Å²) in [6.07, 6.45) is 0. The minimum absolute atomic E-state index is 0. The van der Waals surface area contributed by atoms with E-state index in [1.54, 1.807) is 0 Å². The van der Waals surface area contributed by atoms with Crippen LogP contribution >= 0.6 is 29.8 Å². The lowest BCUT2D eigenvalue weighted by Gasteiger charge is -1.74. The smallest absolute Gasteiger partial charge is 0.00277 e. The average Bonchev–Trinajstić information content (AvgIpc) is 1.37. The number of thiol groups is 1. The molecule has 5 heavy (non-hydrogen) atoms. The molecule has 0 aromatic rings. The summed E-state index contributed by atoms with van der Waals surface area (Å²) in [6.45, 7) is 2.93. The zero-order valence-electron chi connectivity index (χ0n) is 3.06. The Morgan fingerprint density at radius 2 is 2.00 bits per heavy atom. The molecule has 0 aromatic carbocycles. The van der Waals surface area contributed by atoms with Gasteiger partial charge in [0.1, 0.15) is 0 Å². The monoisotopic (exact) mass is 157 g/mol. The maximum absolute atomic E-state index is 3.67. The summed E-state index contributed by atoms with van der Waals surface area (Å²) in [5.41, 5.74) is 0. The molecule has 0 saturated carbocycles. The molecule has 0 rings (SSSR count). The van der Waals surface area contributed by atoms with E-state index in [4.69, 9.17) is 0 Å². The first-order chi connectivity index (χ1) is 1.91. The second-order valence-electron chi connectivity index (χ2n) is 0.512. The minimum Gasteiger partial charge on any atom is -0.267 e. The average molecular weight is 158 g/mol. The van der Waals surface area contributed by atoms with E-state index < -0.39 is 0 Å². The molecule has 0 spiro atoms. The Balaban J connectivity index is 0. The fourth-order valence-electron chi connectivity index (χ4n) is 0. The maximum Gasteiger partial charge on any atom is 0.00277 e. The van der Waals surface area contributed by atoms with Gasteiger partial charge in [0.15, 0.2) is 0 Å². The van der Waals surface area contributed by atoms with Crippen molar-refractivity contribution in [1.82, 2.24) is 4.72 Å². The van der Waals surface area contributed by atoms with Gasteiger partial charge in [-0.05, 0) is 0 Å². The number of nitrogens with one attached hydrogen (secondary N) is 1. The number of halogens is 1. The van der Waals surface area contributed by atoms with E-state index >= 15 is 0 Å². The first kappa shape index (κ1) is 9.25. The van der Waals surface area contributed by atoms with Crippen molar-refractivity contribution in [3.63, 3.8) is 0 Å². The minimum atomic E-state index is 0. The molecule has 0 unspecified atom stereocenters. The van der Waals surface area contributed by atoms with E-state index in [0.29, 0.717) is 0 Å². The van der Waals surface area contributed by atoms with E-state index in [9.17, 15) is 0 Å². The highest BCUT2D eigenvalue weighted by Gasteiger charge is 1.51. The molecule has 0 fully saturated rings. The van der Waals surface area contributed by atoms with Gasteiger partial charge in [0.05, 0.1) is 0 Å². The molecule has 34 valence electrons. The molecule has 3 heteroatoms. The van der Waals surface area contributed by atoms with E-state index in [-0.39, 0.29) is 17.0 Å². The van der Waals surface area contributed by atoms with E-state index in [1.165, 1.54) is 0 Å². The second-order valence-corrected chi connectivity index (χ2v) is 0.828. The zero-order valence-corrected chi connectivity index (χ0v) is 5.67. The highest BCUT2D eigenvalue weighted by molar-refractivity contribution is 8.93. The summed E-state index contributed by atoms with van der Waals surface area (Å²) in [4.78, 5) is 0. The molecule has 0 bridgehead atoms. The summed E-state index contributed by atoms with van der Waals surface area (Å²) in [5, 5.41) is 0. The van der Waals surface area contributed by atoms with Crippen LogP contribution in [0.1, 0.15) is 6.92 Å². The van der Waals surface area contributed by atoms with E-state index in [2.05, 4.69) is 17.5 Å². The van der Waals surface area contributed by atoms with Crippen LogP contribution in [0.5, 0.6) is 0 Å². The van der Waals surface area contributed by atoms with Crippen molar-refractivity contribution in [3.8, 4) is 0 Å². The third-order valence-corrected chi connectivity index (χ3v) is 0.474. The molecule has 0 saturated heterocycles. The molecule has 1 nitrogen and oxygen atoms in total. The van der Waals surface area contributed by atoms with Crippen molar-refractivity contribution >= 4 is 29.8 Å². The van der Waals surface area contributed by atoms with Gasteiger partial charge in [-0.2, -0.15) is 0 Å². The van der Waals surface area contributed by atoms with Gasteiger partial charge in [-0.15, -0.1) is 17.0 Å². The Hall–Kier alpha value is 0.790. The Morgan fingerprint density at radius 3 is 2.00 bits per heavy atom. The van der Waals surface area contributed by atoms with Crippen LogP contribution in [0, 0.1) is 0 Å². The van der Waals surface area contributed by atoms with Gasteiger partial charge >= 0.3 is 0 Å². The Bertz CT molecular complexity index is 11.6. The summed E-state index contributed by atoms with van der Waals surface area (Å²) in [6, 6.07) is 0. The third kappa shape index (κ3) is 11.6. The van der Waals surface area contributed by atoms with Gasteiger partial charge in [-0.25, -0.2) is 0 Å². The number of hydrogen-bond acceptors (Lipinski definition) is 2. The van der Waals surface area contributed by atoms with Crippen molar-refractivity contribution in [2.75, 3.05) is 6.54 Å².